The van der Waals surface area contributed by atoms with Gasteiger partial charge in [0.1, 0.15) is 0 Å². The minimum Gasteiger partial charge on any atom is -0.344 e. The first-order valence-corrected chi connectivity index (χ1v) is 7.63. The maximum Gasteiger partial charge on any atom is 0.253 e. The van der Waals surface area contributed by atoms with Gasteiger partial charge in [0.15, 0.2) is 0 Å². The van der Waals surface area contributed by atoms with Gasteiger partial charge in [-0.25, -0.2) is 4.98 Å². The average molecular weight is 340 g/mol. The number of carbonyl (C=O) groups is 1. The molecule has 0 saturated carbocycles. The zero-order valence-corrected chi connectivity index (χ0v) is 13.1. The van der Waals surface area contributed by atoms with Crippen LogP contribution in [0.15, 0.2) is 28.3 Å². The summed E-state index contributed by atoms with van der Waals surface area (Å²) >= 11 is 4.92. The molecule has 2 rings (SSSR count). The fraction of sp³-hybridized carbons (Fsp3) is 0.308. The number of nitrogens with one attached hydrogen (secondary N) is 1. The van der Waals surface area contributed by atoms with Gasteiger partial charge in [-0.15, -0.1) is 11.3 Å². The molecule has 6 heteroatoms. The van der Waals surface area contributed by atoms with Crippen molar-refractivity contribution in [2.24, 2.45) is 0 Å². The third-order valence-electron chi connectivity index (χ3n) is 2.63. The molecule has 0 fully saturated rings. The Kier molecular flexibility index (Phi) is 4.66. The monoisotopic (exact) mass is 339 g/mol. The van der Waals surface area contributed by atoms with Crippen LogP contribution in [0.25, 0.3) is 0 Å². The Balaban J connectivity index is 2.06. The molecule has 100 valence electrons. The lowest BCUT2D eigenvalue weighted by atomic mass is 10.2. The number of hydrogen-bond donors (Lipinski definition) is 1. The summed E-state index contributed by atoms with van der Waals surface area (Å²) in [5.41, 5.74) is 1.44. The van der Waals surface area contributed by atoms with E-state index in [1.54, 1.807) is 29.8 Å². The first kappa shape index (κ1) is 14.1. The van der Waals surface area contributed by atoms with Crippen molar-refractivity contribution in [1.82, 2.24) is 15.3 Å². The standard InChI is InChI=1S/C13H14BrN3OS/c1-3-12-17-11(7-19-12)8(2)16-13(18)9-4-10(14)6-15-5-9/h4-8H,3H2,1-2H3,(H,16,18)/t8-/m1/s1. The van der Waals surface area contributed by atoms with E-state index in [9.17, 15) is 4.79 Å². The van der Waals surface area contributed by atoms with Gasteiger partial charge in [-0.1, -0.05) is 6.92 Å². The van der Waals surface area contributed by atoms with Crippen LogP contribution in [0.4, 0.5) is 0 Å². The fourth-order valence-corrected chi connectivity index (χ4v) is 2.78. The van der Waals surface area contributed by atoms with Gasteiger partial charge in [0.05, 0.1) is 22.3 Å². The number of pyridine rings is 1. The molecule has 2 heterocycles. The first-order valence-electron chi connectivity index (χ1n) is 5.96. The molecule has 2 aromatic heterocycles. The van der Waals surface area contributed by atoms with E-state index >= 15 is 0 Å². The van der Waals surface area contributed by atoms with Crippen molar-refractivity contribution in [1.29, 1.82) is 0 Å². The second kappa shape index (κ2) is 6.25. The number of nitrogens with zero attached hydrogens (tertiary/aromatic N) is 2. The van der Waals surface area contributed by atoms with Crippen molar-refractivity contribution in [3.8, 4) is 0 Å². The Morgan fingerprint density at radius 3 is 2.95 bits per heavy atom. The zero-order valence-electron chi connectivity index (χ0n) is 10.7. The van der Waals surface area contributed by atoms with Crippen molar-refractivity contribution in [3.63, 3.8) is 0 Å². The molecule has 0 radical (unpaired) electrons. The van der Waals surface area contributed by atoms with Crippen LogP contribution in [-0.4, -0.2) is 15.9 Å². The summed E-state index contributed by atoms with van der Waals surface area (Å²) in [6.45, 7) is 4.00. The van der Waals surface area contributed by atoms with Crippen molar-refractivity contribution >= 4 is 33.2 Å². The van der Waals surface area contributed by atoms with E-state index in [4.69, 9.17) is 0 Å². The van der Waals surface area contributed by atoms with Crippen molar-refractivity contribution in [2.75, 3.05) is 0 Å². The predicted molar refractivity (Wildman–Crippen MR) is 79.3 cm³/mol. The number of amides is 1. The van der Waals surface area contributed by atoms with Crippen molar-refractivity contribution < 1.29 is 4.79 Å². The third-order valence-corrected chi connectivity index (χ3v) is 4.08. The van der Waals surface area contributed by atoms with Crippen LogP contribution in [0.1, 0.15) is 40.9 Å². The first-order chi connectivity index (χ1) is 9.10. The lowest BCUT2D eigenvalue weighted by molar-refractivity contribution is 0.0938. The predicted octanol–water partition coefficient (Wildman–Crippen LogP) is 3.35. The topological polar surface area (TPSA) is 54.9 Å². The summed E-state index contributed by atoms with van der Waals surface area (Å²) in [6.07, 6.45) is 4.11. The molecule has 1 amide bonds. The molecule has 0 saturated heterocycles. The van der Waals surface area contributed by atoms with Crippen LogP contribution in [0.5, 0.6) is 0 Å². The quantitative estimate of drug-likeness (QED) is 0.929. The van der Waals surface area contributed by atoms with Crippen LogP contribution in [-0.2, 0) is 6.42 Å². The second-order valence-corrected chi connectivity index (χ2v) is 5.96. The largest absolute Gasteiger partial charge is 0.344 e. The highest BCUT2D eigenvalue weighted by molar-refractivity contribution is 9.10. The van der Waals surface area contributed by atoms with E-state index in [0.717, 1.165) is 21.6 Å². The minimum absolute atomic E-state index is 0.108. The molecule has 0 bridgehead atoms. The highest BCUT2D eigenvalue weighted by atomic mass is 79.9. The maximum atomic E-state index is 12.1. The van der Waals surface area contributed by atoms with Crippen LogP contribution >= 0.6 is 27.3 Å². The van der Waals surface area contributed by atoms with Crippen LogP contribution in [0, 0.1) is 0 Å². The van der Waals surface area contributed by atoms with Crippen LogP contribution in [0.3, 0.4) is 0 Å². The Labute approximate surface area is 124 Å². The summed E-state index contributed by atoms with van der Waals surface area (Å²) in [7, 11) is 0. The van der Waals surface area contributed by atoms with Gasteiger partial charge in [0, 0.05) is 22.2 Å². The molecule has 0 aliphatic carbocycles. The Morgan fingerprint density at radius 2 is 2.32 bits per heavy atom. The summed E-state index contributed by atoms with van der Waals surface area (Å²) in [5.74, 6) is -0.146. The fourth-order valence-electron chi connectivity index (χ4n) is 1.58. The molecule has 19 heavy (non-hydrogen) atoms. The molecule has 0 unspecified atom stereocenters. The molecule has 0 aliphatic rings. The van der Waals surface area contributed by atoms with Crippen molar-refractivity contribution in [3.05, 3.63) is 44.6 Å². The smallest absolute Gasteiger partial charge is 0.253 e. The lowest BCUT2D eigenvalue weighted by Gasteiger charge is -2.11. The summed E-state index contributed by atoms with van der Waals surface area (Å²) in [5, 5.41) is 5.99. The van der Waals surface area contributed by atoms with Gasteiger partial charge in [-0.05, 0) is 35.3 Å². The van der Waals surface area contributed by atoms with Gasteiger partial charge < -0.3 is 5.32 Å². The number of hydrogen-bond acceptors (Lipinski definition) is 4. The second-order valence-electron chi connectivity index (χ2n) is 4.11. The minimum atomic E-state index is -0.146. The number of aryl methyl sites for hydroxylation is 1. The van der Waals surface area contributed by atoms with E-state index in [1.807, 2.05) is 12.3 Å². The van der Waals surface area contributed by atoms with E-state index in [-0.39, 0.29) is 11.9 Å². The average Bonchev–Trinajstić information content (AvgIpc) is 2.87. The molecule has 4 nitrogen and oxygen atoms in total. The molecular weight excluding hydrogens is 326 g/mol. The normalized spacial score (nSPS) is 12.2. The Morgan fingerprint density at radius 1 is 1.53 bits per heavy atom. The van der Waals surface area contributed by atoms with Gasteiger partial charge in [0.2, 0.25) is 0 Å². The molecule has 1 N–H and O–H groups in total. The number of rotatable bonds is 4. The Hall–Kier alpha value is -1.27. The summed E-state index contributed by atoms with van der Waals surface area (Å²) < 4.78 is 0.787. The van der Waals surface area contributed by atoms with Gasteiger partial charge in [-0.3, -0.25) is 9.78 Å². The third kappa shape index (κ3) is 3.61. The molecular formula is C13H14BrN3OS. The zero-order chi connectivity index (χ0) is 13.8. The van der Waals surface area contributed by atoms with Crippen LogP contribution < -0.4 is 5.32 Å². The number of carbonyl (C=O) groups excluding carboxylic acids is 1. The molecule has 1 atom stereocenters. The SMILES string of the molecule is CCc1nc([C@@H](C)NC(=O)c2cncc(Br)c2)cs1. The lowest BCUT2D eigenvalue weighted by Crippen LogP contribution is -2.27. The summed E-state index contributed by atoms with van der Waals surface area (Å²) in [4.78, 5) is 20.5. The molecule has 0 spiro atoms. The molecule has 0 aliphatic heterocycles. The van der Waals surface area contributed by atoms with E-state index in [1.165, 1.54) is 0 Å². The summed E-state index contributed by atoms with van der Waals surface area (Å²) in [6, 6.07) is 1.64. The van der Waals surface area contributed by atoms with Crippen molar-refractivity contribution in [2.45, 2.75) is 26.3 Å². The highest BCUT2D eigenvalue weighted by Crippen LogP contribution is 2.17. The highest BCUT2D eigenvalue weighted by Gasteiger charge is 2.14. The number of aromatic nitrogens is 2. The van der Waals surface area contributed by atoms with Gasteiger partial charge in [0.25, 0.3) is 5.91 Å². The van der Waals surface area contributed by atoms with Gasteiger partial charge in [-0.2, -0.15) is 0 Å². The van der Waals surface area contributed by atoms with E-state index in [0.29, 0.717) is 5.56 Å². The van der Waals surface area contributed by atoms with E-state index in [2.05, 4.69) is 38.1 Å². The van der Waals surface area contributed by atoms with E-state index < -0.39 is 0 Å². The molecule has 0 aromatic carbocycles. The molecule has 2 aromatic rings. The number of halogens is 1. The Bertz CT molecular complexity index is 585. The van der Waals surface area contributed by atoms with Crippen LogP contribution in [0.2, 0.25) is 0 Å². The maximum absolute atomic E-state index is 12.1. The number of thiazole rings is 1. The van der Waals surface area contributed by atoms with Gasteiger partial charge >= 0.3 is 0 Å².